The number of rotatable bonds is 2. The summed E-state index contributed by atoms with van der Waals surface area (Å²) < 4.78 is 0. The number of H-pyrrole nitrogens is 1. The summed E-state index contributed by atoms with van der Waals surface area (Å²) in [7, 11) is 0. The number of hydrogen-bond donors (Lipinski definition) is 2. The molecule has 1 aliphatic carbocycles. The SMILES string of the molecule is CC1(C(N)c2ccc3[nH]c4ccccc4c3c2)CCCC1. The maximum Gasteiger partial charge on any atom is 0.0465 e. The highest BCUT2D eigenvalue weighted by Gasteiger charge is 2.35. The average molecular weight is 278 g/mol. The van der Waals surface area contributed by atoms with E-state index < -0.39 is 0 Å². The van der Waals surface area contributed by atoms with E-state index in [1.54, 1.807) is 0 Å². The molecule has 0 saturated heterocycles. The number of benzene rings is 2. The van der Waals surface area contributed by atoms with Crippen LogP contribution in [0.25, 0.3) is 21.8 Å². The lowest BCUT2D eigenvalue weighted by Crippen LogP contribution is -2.29. The molecule has 0 amide bonds. The molecule has 2 nitrogen and oxygen atoms in total. The number of nitrogens with one attached hydrogen (secondary N) is 1. The molecule has 108 valence electrons. The molecule has 1 saturated carbocycles. The van der Waals surface area contributed by atoms with Crippen LogP contribution in [0.3, 0.4) is 0 Å². The van der Waals surface area contributed by atoms with Crippen LogP contribution >= 0.6 is 0 Å². The van der Waals surface area contributed by atoms with Gasteiger partial charge in [-0.1, -0.05) is 44.0 Å². The molecule has 1 aromatic heterocycles. The van der Waals surface area contributed by atoms with Gasteiger partial charge in [-0.2, -0.15) is 0 Å². The third-order valence-electron chi connectivity index (χ3n) is 5.39. The van der Waals surface area contributed by atoms with Crippen molar-refractivity contribution in [2.24, 2.45) is 11.1 Å². The topological polar surface area (TPSA) is 41.8 Å². The second-order valence-corrected chi connectivity index (χ2v) is 6.81. The molecule has 1 heterocycles. The zero-order valence-electron chi connectivity index (χ0n) is 12.5. The van der Waals surface area contributed by atoms with Crippen LogP contribution in [-0.2, 0) is 0 Å². The van der Waals surface area contributed by atoms with Gasteiger partial charge in [0.1, 0.15) is 0 Å². The van der Waals surface area contributed by atoms with Gasteiger partial charge in [-0.05, 0) is 42.0 Å². The Morgan fingerprint density at radius 3 is 2.52 bits per heavy atom. The molecule has 0 aliphatic heterocycles. The highest BCUT2D eigenvalue weighted by Crippen LogP contribution is 2.46. The van der Waals surface area contributed by atoms with E-state index >= 15 is 0 Å². The zero-order valence-corrected chi connectivity index (χ0v) is 12.5. The number of fused-ring (bicyclic) bond motifs is 3. The standard InChI is InChI=1S/C19H22N2/c1-19(10-4-5-11-19)18(20)13-8-9-17-15(12-13)14-6-2-3-7-16(14)21-17/h2-3,6-9,12,18,21H,4-5,10-11,20H2,1H3. The average Bonchev–Trinajstić information content (AvgIpc) is 3.10. The van der Waals surface area contributed by atoms with Crippen LogP contribution in [0.5, 0.6) is 0 Å². The molecule has 2 aromatic carbocycles. The van der Waals surface area contributed by atoms with Crippen molar-refractivity contribution in [3.05, 3.63) is 48.0 Å². The maximum atomic E-state index is 6.63. The molecule has 2 heteroatoms. The van der Waals surface area contributed by atoms with Gasteiger partial charge in [-0.25, -0.2) is 0 Å². The van der Waals surface area contributed by atoms with Crippen LogP contribution < -0.4 is 5.73 Å². The van der Waals surface area contributed by atoms with E-state index in [2.05, 4.69) is 54.4 Å². The summed E-state index contributed by atoms with van der Waals surface area (Å²) in [6.45, 7) is 2.35. The summed E-state index contributed by atoms with van der Waals surface area (Å²) in [5.74, 6) is 0. The Morgan fingerprint density at radius 2 is 1.71 bits per heavy atom. The first-order valence-corrected chi connectivity index (χ1v) is 7.93. The molecule has 1 atom stereocenters. The summed E-state index contributed by atoms with van der Waals surface area (Å²) in [4.78, 5) is 3.48. The van der Waals surface area contributed by atoms with Crippen LogP contribution in [-0.4, -0.2) is 4.98 Å². The molecule has 1 fully saturated rings. The van der Waals surface area contributed by atoms with Gasteiger partial charge in [-0.15, -0.1) is 0 Å². The van der Waals surface area contributed by atoms with E-state index in [1.165, 1.54) is 53.1 Å². The minimum Gasteiger partial charge on any atom is -0.355 e. The minimum absolute atomic E-state index is 0.137. The normalized spacial score (nSPS) is 19.3. The molecule has 0 bridgehead atoms. The van der Waals surface area contributed by atoms with Gasteiger partial charge >= 0.3 is 0 Å². The quantitative estimate of drug-likeness (QED) is 0.687. The second-order valence-electron chi connectivity index (χ2n) is 6.81. The van der Waals surface area contributed by atoms with Crippen LogP contribution in [0, 0.1) is 5.41 Å². The Hall–Kier alpha value is -1.80. The Bertz CT molecular complexity index is 794. The van der Waals surface area contributed by atoms with Gasteiger partial charge in [0.2, 0.25) is 0 Å². The number of para-hydroxylation sites is 1. The van der Waals surface area contributed by atoms with Crippen LogP contribution in [0.1, 0.15) is 44.2 Å². The van der Waals surface area contributed by atoms with Crippen LogP contribution in [0.15, 0.2) is 42.5 Å². The van der Waals surface area contributed by atoms with Crippen molar-refractivity contribution in [1.29, 1.82) is 0 Å². The monoisotopic (exact) mass is 278 g/mol. The lowest BCUT2D eigenvalue weighted by atomic mass is 9.77. The highest BCUT2D eigenvalue weighted by atomic mass is 14.7. The first-order chi connectivity index (χ1) is 10.2. The second kappa shape index (κ2) is 4.60. The van der Waals surface area contributed by atoms with E-state index in [0.717, 1.165) is 0 Å². The van der Waals surface area contributed by atoms with E-state index in [0.29, 0.717) is 0 Å². The minimum atomic E-state index is 0.137. The van der Waals surface area contributed by atoms with Crippen molar-refractivity contribution in [2.45, 2.75) is 38.6 Å². The van der Waals surface area contributed by atoms with Crippen molar-refractivity contribution < 1.29 is 0 Å². The molecule has 0 spiro atoms. The van der Waals surface area contributed by atoms with Crippen molar-refractivity contribution in [3.63, 3.8) is 0 Å². The van der Waals surface area contributed by atoms with Gasteiger partial charge in [0.15, 0.2) is 0 Å². The predicted molar refractivity (Wildman–Crippen MR) is 89.3 cm³/mol. The fourth-order valence-corrected chi connectivity index (χ4v) is 3.96. The van der Waals surface area contributed by atoms with Gasteiger partial charge < -0.3 is 10.7 Å². The molecule has 3 aromatic rings. The molecule has 3 N–H and O–H groups in total. The summed E-state index contributed by atoms with van der Waals surface area (Å²) in [5, 5.41) is 2.58. The molecule has 1 aliphatic rings. The first kappa shape index (κ1) is 12.9. The largest absolute Gasteiger partial charge is 0.355 e. The Morgan fingerprint density at radius 1 is 1.00 bits per heavy atom. The summed E-state index contributed by atoms with van der Waals surface area (Å²) in [6, 6.07) is 15.3. The smallest absolute Gasteiger partial charge is 0.0465 e. The van der Waals surface area contributed by atoms with Crippen molar-refractivity contribution in [1.82, 2.24) is 4.98 Å². The van der Waals surface area contributed by atoms with E-state index in [1.807, 2.05) is 0 Å². The zero-order chi connectivity index (χ0) is 14.4. The third-order valence-corrected chi connectivity index (χ3v) is 5.39. The molecule has 1 unspecified atom stereocenters. The van der Waals surface area contributed by atoms with Crippen molar-refractivity contribution in [3.8, 4) is 0 Å². The molecular formula is C19H22N2. The number of hydrogen-bond acceptors (Lipinski definition) is 1. The first-order valence-electron chi connectivity index (χ1n) is 7.93. The molecule has 21 heavy (non-hydrogen) atoms. The molecule has 0 radical (unpaired) electrons. The number of aromatic amines is 1. The highest BCUT2D eigenvalue weighted by molar-refractivity contribution is 6.07. The van der Waals surface area contributed by atoms with Gasteiger partial charge in [0.25, 0.3) is 0 Å². The van der Waals surface area contributed by atoms with Crippen LogP contribution in [0.2, 0.25) is 0 Å². The van der Waals surface area contributed by atoms with Crippen molar-refractivity contribution in [2.75, 3.05) is 0 Å². The van der Waals surface area contributed by atoms with Crippen LogP contribution in [0.4, 0.5) is 0 Å². The Balaban J connectivity index is 1.84. The van der Waals surface area contributed by atoms with Gasteiger partial charge in [0, 0.05) is 27.8 Å². The molecular weight excluding hydrogens is 256 g/mol. The summed E-state index contributed by atoms with van der Waals surface area (Å²) in [6.07, 6.45) is 5.14. The number of nitrogens with two attached hydrogens (primary N) is 1. The van der Waals surface area contributed by atoms with Crippen molar-refractivity contribution >= 4 is 21.8 Å². The van der Waals surface area contributed by atoms with E-state index in [4.69, 9.17) is 5.73 Å². The van der Waals surface area contributed by atoms with E-state index in [9.17, 15) is 0 Å². The summed E-state index contributed by atoms with van der Waals surface area (Å²) >= 11 is 0. The summed E-state index contributed by atoms with van der Waals surface area (Å²) in [5.41, 5.74) is 10.6. The predicted octanol–water partition coefficient (Wildman–Crippen LogP) is 4.90. The van der Waals surface area contributed by atoms with Gasteiger partial charge in [-0.3, -0.25) is 0 Å². The maximum absolute atomic E-state index is 6.63. The Labute approximate surface area is 125 Å². The lowest BCUT2D eigenvalue weighted by Gasteiger charge is -2.31. The fraction of sp³-hybridized carbons (Fsp3) is 0.368. The molecule has 4 rings (SSSR count). The Kier molecular flexibility index (Phi) is 2.83. The fourth-order valence-electron chi connectivity index (χ4n) is 3.96. The third kappa shape index (κ3) is 1.97. The lowest BCUT2D eigenvalue weighted by molar-refractivity contribution is 0.265. The number of aromatic nitrogens is 1. The van der Waals surface area contributed by atoms with Gasteiger partial charge in [0.05, 0.1) is 0 Å². The van der Waals surface area contributed by atoms with E-state index in [-0.39, 0.29) is 11.5 Å².